The number of hydrogen-bond donors (Lipinski definition) is 2. The molecule has 2 aliphatic rings. The highest BCUT2D eigenvalue weighted by atomic mass is 19.1. The van der Waals surface area contributed by atoms with Gasteiger partial charge in [0.1, 0.15) is 11.6 Å². The highest BCUT2D eigenvalue weighted by molar-refractivity contribution is 5.79. The SMILES string of the molecule is O=C(NC1CCOC1)C1CCN(c2nccc(Nc3ccccc3F)n2)CC1. The number of benzene rings is 1. The van der Waals surface area contributed by atoms with Crippen molar-refractivity contribution >= 4 is 23.4 Å². The molecule has 3 heterocycles. The van der Waals surface area contributed by atoms with E-state index < -0.39 is 0 Å². The van der Waals surface area contributed by atoms with E-state index in [1.807, 2.05) is 0 Å². The number of aromatic nitrogens is 2. The molecule has 2 saturated heterocycles. The van der Waals surface area contributed by atoms with Crippen molar-refractivity contribution in [1.29, 1.82) is 0 Å². The van der Waals surface area contributed by atoms with Crippen LogP contribution >= 0.6 is 0 Å². The fourth-order valence-corrected chi connectivity index (χ4v) is 3.58. The van der Waals surface area contributed by atoms with Crippen LogP contribution in [0.4, 0.5) is 21.8 Å². The molecule has 1 atom stereocenters. The molecule has 148 valence electrons. The van der Waals surface area contributed by atoms with Crippen LogP contribution in [-0.4, -0.2) is 48.2 Å². The molecule has 2 aliphatic heterocycles. The highest BCUT2D eigenvalue weighted by Gasteiger charge is 2.28. The maximum Gasteiger partial charge on any atom is 0.227 e. The maximum absolute atomic E-state index is 13.8. The number of hydrogen-bond acceptors (Lipinski definition) is 6. The van der Waals surface area contributed by atoms with Crippen LogP contribution in [0.25, 0.3) is 0 Å². The van der Waals surface area contributed by atoms with Gasteiger partial charge in [0.05, 0.1) is 18.3 Å². The van der Waals surface area contributed by atoms with E-state index in [1.165, 1.54) is 6.07 Å². The van der Waals surface area contributed by atoms with E-state index in [1.54, 1.807) is 30.5 Å². The van der Waals surface area contributed by atoms with Crippen molar-refractivity contribution in [2.45, 2.75) is 25.3 Å². The Morgan fingerprint density at radius 3 is 2.75 bits per heavy atom. The number of anilines is 3. The van der Waals surface area contributed by atoms with E-state index in [4.69, 9.17) is 4.74 Å². The third-order valence-electron chi connectivity index (χ3n) is 5.20. The number of para-hydroxylation sites is 1. The number of nitrogens with zero attached hydrogens (tertiary/aromatic N) is 3. The average Bonchev–Trinajstić information content (AvgIpc) is 3.23. The lowest BCUT2D eigenvalue weighted by Gasteiger charge is -2.31. The van der Waals surface area contributed by atoms with Gasteiger partial charge in [-0.05, 0) is 37.5 Å². The largest absolute Gasteiger partial charge is 0.379 e. The van der Waals surface area contributed by atoms with Gasteiger partial charge in [0.2, 0.25) is 11.9 Å². The van der Waals surface area contributed by atoms with Crippen molar-refractivity contribution in [1.82, 2.24) is 15.3 Å². The van der Waals surface area contributed by atoms with Gasteiger partial charge in [-0.3, -0.25) is 4.79 Å². The van der Waals surface area contributed by atoms with E-state index in [9.17, 15) is 9.18 Å². The van der Waals surface area contributed by atoms with Crippen molar-refractivity contribution in [3.05, 3.63) is 42.3 Å². The number of rotatable bonds is 5. The lowest BCUT2D eigenvalue weighted by atomic mass is 9.95. The number of nitrogens with one attached hydrogen (secondary N) is 2. The van der Waals surface area contributed by atoms with Crippen LogP contribution < -0.4 is 15.5 Å². The quantitative estimate of drug-likeness (QED) is 0.823. The number of ether oxygens (including phenoxy) is 1. The van der Waals surface area contributed by atoms with Gasteiger partial charge >= 0.3 is 0 Å². The number of carbonyl (C=O) groups is 1. The second kappa shape index (κ2) is 8.52. The Balaban J connectivity index is 1.34. The first-order valence-electron chi connectivity index (χ1n) is 9.67. The van der Waals surface area contributed by atoms with Crippen LogP contribution in [0, 0.1) is 11.7 Å². The van der Waals surface area contributed by atoms with Gasteiger partial charge in [-0.25, -0.2) is 9.37 Å². The van der Waals surface area contributed by atoms with Gasteiger partial charge in [0.15, 0.2) is 0 Å². The lowest BCUT2D eigenvalue weighted by Crippen LogP contribution is -2.44. The zero-order chi connectivity index (χ0) is 19.3. The first-order valence-corrected chi connectivity index (χ1v) is 9.67. The van der Waals surface area contributed by atoms with E-state index in [2.05, 4.69) is 25.5 Å². The fourth-order valence-electron chi connectivity index (χ4n) is 3.58. The molecule has 8 heteroatoms. The van der Waals surface area contributed by atoms with Gasteiger partial charge in [0.25, 0.3) is 0 Å². The Hall–Kier alpha value is -2.74. The summed E-state index contributed by atoms with van der Waals surface area (Å²) in [5.74, 6) is 0.922. The molecule has 0 bridgehead atoms. The Kier molecular flexibility index (Phi) is 5.66. The molecule has 2 fully saturated rings. The molecular formula is C20H24FN5O2. The third-order valence-corrected chi connectivity index (χ3v) is 5.20. The van der Waals surface area contributed by atoms with Crippen molar-refractivity contribution < 1.29 is 13.9 Å². The summed E-state index contributed by atoms with van der Waals surface area (Å²) >= 11 is 0. The summed E-state index contributed by atoms with van der Waals surface area (Å²) in [6.07, 6.45) is 4.06. The van der Waals surface area contributed by atoms with Crippen molar-refractivity contribution in [2.24, 2.45) is 5.92 Å². The number of piperidine rings is 1. The second-order valence-electron chi connectivity index (χ2n) is 7.18. The predicted molar refractivity (Wildman–Crippen MR) is 104 cm³/mol. The summed E-state index contributed by atoms with van der Waals surface area (Å²) in [5, 5.41) is 6.08. The maximum atomic E-state index is 13.8. The van der Waals surface area contributed by atoms with Gasteiger partial charge < -0.3 is 20.3 Å². The molecule has 2 aromatic rings. The number of halogens is 1. The van der Waals surface area contributed by atoms with E-state index >= 15 is 0 Å². The molecule has 1 aromatic heterocycles. The second-order valence-corrected chi connectivity index (χ2v) is 7.18. The summed E-state index contributed by atoms with van der Waals surface area (Å²) in [6, 6.07) is 8.33. The summed E-state index contributed by atoms with van der Waals surface area (Å²) in [7, 11) is 0. The Labute approximate surface area is 163 Å². The molecule has 1 amide bonds. The Bertz CT molecular complexity index is 820. The van der Waals surface area contributed by atoms with Gasteiger partial charge in [-0.15, -0.1) is 0 Å². The summed E-state index contributed by atoms with van der Waals surface area (Å²) in [6.45, 7) is 2.75. The molecule has 0 spiro atoms. The predicted octanol–water partition coefficient (Wildman–Crippen LogP) is 2.48. The minimum absolute atomic E-state index is 0.0107. The molecule has 0 aliphatic carbocycles. The monoisotopic (exact) mass is 385 g/mol. The molecule has 0 radical (unpaired) electrons. The van der Waals surface area contributed by atoms with Crippen molar-refractivity contribution in [3.8, 4) is 0 Å². The van der Waals surface area contributed by atoms with Crippen LogP contribution in [0.5, 0.6) is 0 Å². The van der Waals surface area contributed by atoms with E-state index in [-0.39, 0.29) is 23.7 Å². The smallest absolute Gasteiger partial charge is 0.227 e. The van der Waals surface area contributed by atoms with Crippen molar-refractivity contribution in [2.75, 3.05) is 36.5 Å². The van der Waals surface area contributed by atoms with E-state index in [0.29, 0.717) is 37.1 Å². The topological polar surface area (TPSA) is 79.4 Å². The minimum atomic E-state index is -0.331. The molecule has 1 aromatic carbocycles. The average molecular weight is 385 g/mol. The van der Waals surface area contributed by atoms with Crippen LogP contribution in [0.2, 0.25) is 0 Å². The van der Waals surface area contributed by atoms with Gasteiger partial charge in [-0.2, -0.15) is 4.98 Å². The van der Waals surface area contributed by atoms with Crippen LogP contribution in [0.1, 0.15) is 19.3 Å². The zero-order valence-electron chi connectivity index (χ0n) is 15.6. The van der Waals surface area contributed by atoms with Gasteiger partial charge in [-0.1, -0.05) is 12.1 Å². The van der Waals surface area contributed by atoms with Crippen LogP contribution in [0.15, 0.2) is 36.5 Å². The Morgan fingerprint density at radius 1 is 1.18 bits per heavy atom. The summed E-state index contributed by atoms with van der Waals surface area (Å²) < 4.78 is 19.1. The van der Waals surface area contributed by atoms with Crippen molar-refractivity contribution in [3.63, 3.8) is 0 Å². The summed E-state index contributed by atoms with van der Waals surface area (Å²) in [4.78, 5) is 23.3. The fraction of sp³-hybridized carbons (Fsp3) is 0.450. The number of amides is 1. The summed E-state index contributed by atoms with van der Waals surface area (Å²) in [5.41, 5.74) is 0.374. The normalized spacial score (nSPS) is 20.2. The molecule has 0 saturated carbocycles. The third kappa shape index (κ3) is 4.39. The molecule has 2 N–H and O–H groups in total. The zero-order valence-corrected chi connectivity index (χ0v) is 15.6. The van der Waals surface area contributed by atoms with Gasteiger partial charge in [0, 0.05) is 31.8 Å². The van der Waals surface area contributed by atoms with Crippen LogP contribution in [0.3, 0.4) is 0 Å². The standard InChI is InChI=1S/C20H24FN5O2/c21-16-3-1-2-4-17(16)24-18-5-9-22-20(25-18)26-10-6-14(7-11-26)19(27)23-15-8-12-28-13-15/h1-5,9,14-15H,6-8,10-13H2,(H,23,27)(H,22,24,25). The number of carbonyl (C=O) groups excluding carboxylic acids is 1. The Morgan fingerprint density at radius 2 is 2.00 bits per heavy atom. The minimum Gasteiger partial charge on any atom is -0.379 e. The van der Waals surface area contributed by atoms with Crippen LogP contribution in [-0.2, 0) is 9.53 Å². The molecule has 1 unspecified atom stereocenters. The first-order chi connectivity index (χ1) is 13.7. The lowest BCUT2D eigenvalue weighted by molar-refractivity contribution is -0.126. The highest BCUT2D eigenvalue weighted by Crippen LogP contribution is 2.23. The molecule has 28 heavy (non-hydrogen) atoms. The molecular weight excluding hydrogens is 361 g/mol. The first kappa shape index (κ1) is 18.6. The van der Waals surface area contributed by atoms with E-state index in [0.717, 1.165) is 25.9 Å². The molecule has 4 rings (SSSR count). The molecule has 7 nitrogen and oxygen atoms in total.